The summed E-state index contributed by atoms with van der Waals surface area (Å²) in [5, 5.41) is 21.3. The van der Waals surface area contributed by atoms with Gasteiger partial charge in [0.15, 0.2) is 0 Å². The van der Waals surface area contributed by atoms with Gasteiger partial charge in [-0.1, -0.05) is 12.1 Å². The second kappa shape index (κ2) is 7.51. The van der Waals surface area contributed by atoms with Crippen molar-refractivity contribution in [1.29, 1.82) is 0 Å². The maximum absolute atomic E-state index is 12.7. The van der Waals surface area contributed by atoms with Gasteiger partial charge in [0.05, 0.1) is 25.3 Å². The minimum Gasteiger partial charge on any atom is -0.508 e. The molecule has 0 aliphatic rings. The van der Waals surface area contributed by atoms with Crippen molar-refractivity contribution in [2.24, 2.45) is 0 Å². The lowest BCUT2D eigenvalue weighted by Gasteiger charge is -2.16. The molecule has 1 aromatic heterocycles. The number of carbonyl (C=O) groups excluding carboxylic acids is 1. The lowest BCUT2D eigenvalue weighted by atomic mass is 10.1. The number of halogens is 1. The van der Waals surface area contributed by atoms with E-state index in [0.717, 1.165) is 11.8 Å². The van der Waals surface area contributed by atoms with Gasteiger partial charge in [0, 0.05) is 5.69 Å². The number of aromatic nitrogens is 1. The number of hydrogen-bond donors (Lipinski definition) is 3. The van der Waals surface area contributed by atoms with Crippen LogP contribution in [0.2, 0.25) is 0 Å². The number of phenols is 1. The quantitative estimate of drug-likeness (QED) is 0.748. The van der Waals surface area contributed by atoms with Gasteiger partial charge >= 0.3 is 0 Å². The number of aromatic hydroxyl groups is 1. The van der Waals surface area contributed by atoms with Crippen molar-refractivity contribution in [2.75, 3.05) is 6.61 Å². The van der Waals surface area contributed by atoms with E-state index in [1.54, 1.807) is 24.3 Å². The number of aliphatic hydroxyl groups excluding tert-OH is 1. The molecular formula is C16H17FN2O3. The molecule has 0 spiro atoms. The summed E-state index contributed by atoms with van der Waals surface area (Å²) < 4.78 is 12.7. The van der Waals surface area contributed by atoms with Gasteiger partial charge in [-0.2, -0.15) is 0 Å². The molecule has 3 N–H and O–H groups in total. The molecule has 5 nitrogen and oxygen atoms in total. The summed E-state index contributed by atoms with van der Waals surface area (Å²) in [4.78, 5) is 15.7. The first-order valence-electron chi connectivity index (χ1n) is 6.85. The summed E-state index contributed by atoms with van der Waals surface area (Å²) >= 11 is 0. The fraction of sp³-hybridized carbons (Fsp3) is 0.250. The molecule has 2 aromatic rings. The van der Waals surface area contributed by atoms with Gasteiger partial charge < -0.3 is 15.5 Å². The second-order valence-electron chi connectivity index (χ2n) is 4.96. The van der Waals surface area contributed by atoms with Crippen molar-refractivity contribution in [3.63, 3.8) is 0 Å². The third-order valence-corrected chi connectivity index (χ3v) is 3.13. The molecular weight excluding hydrogens is 287 g/mol. The number of benzene rings is 1. The number of nitrogens with zero attached hydrogens (tertiary/aromatic N) is 1. The second-order valence-corrected chi connectivity index (χ2v) is 4.96. The van der Waals surface area contributed by atoms with Crippen LogP contribution in [0, 0.1) is 5.82 Å². The number of rotatable bonds is 6. The van der Waals surface area contributed by atoms with Crippen LogP contribution in [0.4, 0.5) is 4.39 Å². The lowest BCUT2D eigenvalue weighted by Crippen LogP contribution is -2.40. The van der Waals surface area contributed by atoms with E-state index >= 15 is 0 Å². The van der Waals surface area contributed by atoms with E-state index in [1.165, 1.54) is 12.1 Å². The fourth-order valence-electron chi connectivity index (χ4n) is 2.03. The van der Waals surface area contributed by atoms with Crippen molar-refractivity contribution < 1.29 is 19.4 Å². The van der Waals surface area contributed by atoms with E-state index in [4.69, 9.17) is 0 Å². The predicted molar refractivity (Wildman–Crippen MR) is 78.7 cm³/mol. The van der Waals surface area contributed by atoms with Crippen LogP contribution in [0.3, 0.4) is 0 Å². The first-order valence-corrected chi connectivity index (χ1v) is 6.85. The smallest absolute Gasteiger partial charge is 0.226 e. The number of pyridine rings is 1. The summed E-state index contributed by atoms with van der Waals surface area (Å²) in [5.74, 6) is -0.586. The zero-order valence-electron chi connectivity index (χ0n) is 11.9. The van der Waals surface area contributed by atoms with Crippen LogP contribution in [-0.4, -0.2) is 33.8 Å². The number of aliphatic hydroxyl groups is 1. The van der Waals surface area contributed by atoms with Crippen molar-refractivity contribution in [3.8, 4) is 5.75 Å². The highest BCUT2D eigenvalue weighted by Gasteiger charge is 2.13. The van der Waals surface area contributed by atoms with Gasteiger partial charge in [0.1, 0.15) is 11.6 Å². The van der Waals surface area contributed by atoms with Gasteiger partial charge in [-0.3, -0.25) is 9.78 Å². The Kier molecular flexibility index (Phi) is 5.43. The van der Waals surface area contributed by atoms with E-state index in [0.29, 0.717) is 12.1 Å². The number of phenolic OH excluding ortho intramolecular Hbond substituents is 1. The van der Waals surface area contributed by atoms with Gasteiger partial charge in [-0.25, -0.2) is 4.39 Å². The molecule has 0 unspecified atom stereocenters. The normalized spacial score (nSPS) is 11.9. The number of amides is 1. The van der Waals surface area contributed by atoms with Crippen molar-refractivity contribution in [3.05, 3.63) is 59.7 Å². The largest absolute Gasteiger partial charge is 0.508 e. The minimum absolute atomic E-state index is 0.0202. The van der Waals surface area contributed by atoms with Crippen LogP contribution < -0.4 is 5.32 Å². The minimum atomic E-state index is -0.454. The number of nitrogens with one attached hydrogen (secondary N) is 1. The number of hydrogen-bond acceptors (Lipinski definition) is 4. The van der Waals surface area contributed by atoms with Gasteiger partial charge in [0.2, 0.25) is 5.91 Å². The zero-order valence-corrected chi connectivity index (χ0v) is 11.9. The third kappa shape index (κ3) is 4.82. The Morgan fingerprint density at radius 3 is 2.55 bits per heavy atom. The maximum Gasteiger partial charge on any atom is 0.226 e. The highest BCUT2D eigenvalue weighted by Crippen LogP contribution is 2.11. The number of carbonyl (C=O) groups is 1. The molecule has 1 atom stereocenters. The lowest BCUT2D eigenvalue weighted by molar-refractivity contribution is -0.121. The van der Waals surface area contributed by atoms with E-state index < -0.39 is 11.9 Å². The Morgan fingerprint density at radius 1 is 1.23 bits per heavy atom. The Labute approximate surface area is 127 Å². The molecule has 116 valence electrons. The summed E-state index contributed by atoms with van der Waals surface area (Å²) in [7, 11) is 0. The Morgan fingerprint density at radius 2 is 1.95 bits per heavy atom. The fourth-order valence-corrected chi connectivity index (χ4v) is 2.03. The SMILES string of the molecule is O=C(Cc1ccc(F)cn1)N[C@H](CO)Cc1ccc(O)cc1. The van der Waals surface area contributed by atoms with Crippen molar-refractivity contribution >= 4 is 5.91 Å². The Balaban J connectivity index is 1.90. The van der Waals surface area contributed by atoms with Gasteiger partial charge in [-0.15, -0.1) is 0 Å². The van der Waals surface area contributed by atoms with Crippen LogP contribution in [0.5, 0.6) is 5.75 Å². The maximum atomic E-state index is 12.7. The molecule has 22 heavy (non-hydrogen) atoms. The molecule has 0 aliphatic heterocycles. The third-order valence-electron chi connectivity index (χ3n) is 3.13. The monoisotopic (exact) mass is 304 g/mol. The molecule has 0 saturated carbocycles. The zero-order chi connectivity index (χ0) is 15.9. The van der Waals surface area contributed by atoms with Crippen LogP contribution >= 0.6 is 0 Å². The predicted octanol–water partition coefficient (Wildman–Crippen LogP) is 1.19. The molecule has 1 amide bonds. The van der Waals surface area contributed by atoms with E-state index in [1.807, 2.05) is 0 Å². The van der Waals surface area contributed by atoms with E-state index in [-0.39, 0.29) is 24.7 Å². The summed E-state index contributed by atoms with van der Waals surface area (Å²) in [6.45, 7) is -0.205. The summed E-state index contributed by atoms with van der Waals surface area (Å²) in [6.07, 6.45) is 1.52. The highest BCUT2D eigenvalue weighted by molar-refractivity contribution is 5.78. The first kappa shape index (κ1) is 15.9. The van der Waals surface area contributed by atoms with Gasteiger partial charge in [-0.05, 0) is 36.2 Å². The molecule has 6 heteroatoms. The summed E-state index contributed by atoms with van der Waals surface area (Å²) in [6, 6.07) is 8.81. The molecule has 0 fully saturated rings. The average molecular weight is 304 g/mol. The molecule has 0 saturated heterocycles. The highest BCUT2D eigenvalue weighted by atomic mass is 19.1. The van der Waals surface area contributed by atoms with Crippen LogP contribution in [0.25, 0.3) is 0 Å². The van der Waals surface area contributed by atoms with Crippen LogP contribution in [0.1, 0.15) is 11.3 Å². The van der Waals surface area contributed by atoms with E-state index in [9.17, 15) is 19.4 Å². The average Bonchev–Trinajstić information content (AvgIpc) is 2.51. The molecule has 0 radical (unpaired) electrons. The summed E-state index contributed by atoms with van der Waals surface area (Å²) in [5.41, 5.74) is 1.34. The van der Waals surface area contributed by atoms with Crippen molar-refractivity contribution in [2.45, 2.75) is 18.9 Å². The molecule has 0 aliphatic carbocycles. The molecule has 1 aromatic carbocycles. The van der Waals surface area contributed by atoms with Crippen molar-refractivity contribution in [1.82, 2.24) is 10.3 Å². The van der Waals surface area contributed by atoms with Gasteiger partial charge in [0.25, 0.3) is 0 Å². The van der Waals surface area contributed by atoms with E-state index in [2.05, 4.69) is 10.3 Å². The molecule has 1 heterocycles. The first-order chi connectivity index (χ1) is 10.6. The Hall–Kier alpha value is -2.47. The molecule has 0 bridgehead atoms. The topological polar surface area (TPSA) is 82.5 Å². The standard InChI is InChI=1S/C16H17FN2O3/c17-12-3-4-13(18-9-12)8-16(22)19-14(10-20)7-11-1-5-15(21)6-2-11/h1-6,9,14,20-21H,7-8,10H2,(H,19,22)/t14-/m0/s1. The Bertz CT molecular complexity index is 614. The van der Waals surface area contributed by atoms with Crippen LogP contribution in [0.15, 0.2) is 42.6 Å². The van der Waals surface area contributed by atoms with Crippen LogP contribution in [-0.2, 0) is 17.6 Å². The molecule has 2 rings (SSSR count).